The smallest absolute Gasteiger partial charge is 0.195 e. The van der Waals surface area contributed by atoms with E-state index in [4.69, 9.17) is 14.2 Å². The van der Waals surface area contributed by atoms with Gasteiger partial charge in [-0.05, 0) is 30.7 Å². The number of unbranched alkanes of at least 4 members (excludes halogenated alkanes) is 1. The van der Waals surface area contributed by atoms with Gasteiger partial charge in [0, 0.05) is 22.7 Å². The van der Waals surface area contributed by atoms with Crippen molar-refractivity contribution in [2.45, 2.75) is 45.3 Å². The van der Waals surface area contributed by atoms with Gasteiger partial charge in [-0.3, -0.25) is 0 Å². The number of methoxy groups -OCH3 is 1. The minimum Gasteiger partial charge on any atom is -0.497 e. The van der Waals surface area contributed by atoms with Crippen LogP contribution < -0.4 is 4.74 Å². The fraction of sp³-hybridized carbons (Fsp3) is 0.667. The molecule has 0 aromatic heterocycles. The molecule has 0 spiro atoms. The minimum absolute atomic E-state index is 0.123. The van der Waals surface area contributed by atoms with E-state index in [1.54, 1.807) is 7.11 Å². The first-order valence-corrected chi connectivity index (χ1v) is 9.18. The first kappa shape index (κ1) is 17.8. The van der Waals surface area contributed by atoms with Gasteiger partial charge < -0.3 is 14.2 Å². The maximum absolute atomic E-state index is 6.29. The number of alkyl halides is 1. The largest absolute Gasteiger partial charge is 0.497 e. The molecule has 3 nitrogen and oxygen atoms in total. The summed E-state index contributed by atoms with van der Waals surface area (Å²) in [6, 6.07) is 8.00. The van der Waals surface area contributed by atoms with E-state index >= 15 is 0 Å². The van der Waals surface area contributed by atoms with E-state index in [0.717, 1.165) is 42.7 Å². The Hall–Kier alpha value is -0.580. The Morgan fingerprint density at radius 3 is 2.27 bits per heavy atom. The minimum atomic E-state index is -0.637. The van der Waals surface area contributed by atoms with Crippen molar-refractivity contribution in [1.82, 2.24) is 0 Å². The Morgan fingerprint density at radius 2 is 1.77 bits per heavy atom. The molecule has 0 unspecified atom stereocenters. The van der Waals surface area contributed by atoms with Crippen LogP contribution in [0.25, 0.3) is 0 Å². The maximum atomic E-state index is 6.29. The molecule has 0 saturated carbocycles. The SMILES string of the molecule is CCCCC1(C)COC(CCBr)(c2ccc(OC)cc2)OC1. The van der Waals surface area contributed by atoms with Gasteiger partial charge in [0.2, 0.25) is 0 Å². The molecule has 0 aliphatic carbocycles. The lowest BCUT2D eigenvalue weighted by Crippen LogP contribution is -2.47. The second kappa shape index (κ2) is 7.80. The van der Waals surface area contributed by atoms with Crippen LogP contribution in [-0.4, -0.2) is 25.7 Å². The molecule has 0 amide bonds. The Morgan fingerprint density at radius 1 is 1.14 bits per heavy atom. The standard InChI is InChI=1S/C18H27BrO3/c1-4-5-10-17(2)13-21-18(11-12-19,22-14-17)15-6-8-16(20-3)9-7-15/h6-9H,4-5,10-14H2,1-3H3. The second-order valence-corrected chi connectivity index (χ2v) is 7.20. The van der Waals surface area contributed by atoms with Crippen molar-refractivity contribution in [2.24, 2.45) is 5.41 Å². The Kier molecular flexibility index (Phi) is 6.30. The zero-order valence-corrected chi connectivity index (χ0v) is 15.4. The number of rotatable bonds is 7. The van der Waals surface area contributed by atoms with Gasteiger partial charge in [0.25, 0.3) is 0 Å². The summed E-state index contributed by atoms with van der Waals surface area (Å²) in [6.07, 6.45) is 4.37. The molecule has 0 bridgehead atoms. The molecule has 1 saturated heterocycles. The molecule has 124 valence electrons. The van der Waals surface area contributed by atoms with Gasteiger partial charge in [0.05, 0.1) is 20.3 Å². The van der Waals surface area contributed by atoms with Crippen molar-refractivity contribution in [3.05, 3.63) is 29.8 Å². The molecule has 0 atom stereocenters. The van der Waals surface area contributed by atoms with E-state index in [0.29, 0.717) is 0 Å². The third-order valence-corrected chi connectivity index (χ3v) is 4.79. The molecular weight excluding hydrogens is 344 g/mol. The lowest BCUT2D eigenvalue weighted by atomic mass is 9.85. The van der Waals surface area contributed by atoms with E-state index in [-0.39, 0.29) is 5.41 Å². The molecule has 2 rings (SSSR count). The average molecular weight is 371 g/mol. The molecule has 1 aromatic carbocycles. The molecule has 0 radical (unpaired) electrons. The van der Waals surface area contributed by atoms with Crippen LogP contribution in [0.5, 0.6) is 5.75 Å². The van der Waals surface area contributed by atoms with Crippen LogP contribution in [0.1, 0.15) is 45.1 Å². The van der Waals surface area contributed by atoms with E-state index in [1.165, 1.54) is 12.8 Å². The molecule has 1 fully saturated rings. The van der Waals surface area contributed by atoms with E-state index < -0.39 is 5.79 Å². The topological polar surface area (TPSA) is 27.7 Å². The van der Waals surface area contributed by atoms with Gasteiger partial charge in [0.15, 0.2) is 5.79 Å². The molecule has 22 heavy (non-hydrogen) atoms. The summed E-state index contributed by atoms with van der Waals surface area (Å²) in [5, 5.41) is 0.838. The zero-order chi connectivity index (χ0) is 16.1. The second-order valence-electron chi connectivity index (χ2n) is 6.41. The molecule has 1 aliphatic rings. The summed E-state index contributed by atoms with van der Waals surface area (Å²) in [7, 11) is 1.68. The van der Waals surface area contributed by atoms with Gasteiger partial charge in [-0.25, -0.2) is 0 Å². The Bertz CT molecular complexity index is 450. The maximum Gasteiger partial charge on any atom is 0.195 e. The molecule has 4 heteroatoms. The number of halogens is 1. The first-order chi connectivity index (χ1) is 10.6. The molecule has 1 aromatic rings. The molecule has 0 N–H and O–H groups in total. The number of hydrogen-bond acceptors (Lipinski definition) is 3. The summed E-state index contributed by atoms with van der Waals surface area (Å²) in [5.74, 6) is 0.211. The number of hydrogen-bond donors (Lipinski definition) is 0. The van der Waals surface area contributed by atoms with E-state index in [2.05, 4.69) is 29.8 Å². The lowest BCUT2D eigenvalue weighted by Gasteiger charge is -2.45. The van der Waals surface area contributed by atoms with Gasteiger partial charge in [0.1, 0.15) is 5.75 Å². The van der Waals surface area contributed by atoms with Crippen molar-refractivity contribution < 1.29 is 14.2 Å². The highest BCUT2D eigenvalue weighted by atomic mass is 79.9. The normalized spacial score (nSPS) is 28.5. The summed E-state index contributed by atoms with van der Waals surface area (Å²) < 4.78 is 17.8. The van der Waals surface area contributed by atoms with Crippen LogP contribution >= 0.6 is 15.9 Å². The number of benzene rings is 1. The molecule has 1 aliphatic heterocycles. The fourth-order valence-electron chi connectivity index (χ4n) is 2.84. The summed E-state index contributed by atoms with van der Waals surface area (Å²) >= 11 is 3.53. The van der Waals surface area contributed by atoms with Crippen LogP contribution in [-0.2, 0) is 15.3 Å². The van der Waals surface area contributed by atoms with E-state index in [9.17, 15) is 0 Å². The fourth-order valence-corrected chi connectivity index (χ4v) is 3.36. The van der Waals surface area contributed by atoms with Crippen molar-refractivity contribution in [3.8, 4) is 5.75 Å². The predicted octanol–water partition coefficient (Wildman–Crippen LogP) is 4.88. The van der Waals surface area contributed by atoms with Crippen LogP contribution in [0.3, 0.4) is 0 Å². The summed E-state index contributed by atoms with van der Waals surface area (Å²) in [4.78, 5) is 0. The monoisotopic (exact) mass is 370 g/mol. The number of ether oxygens (including phenoxy) is 3. The van der Waals surface area contributed by atoms with Crippen molar-refractivity contribution >= 4 is 15.9 Å². The quantitative estimate of drug-likeness (QED) is 0.640. The van der Waals surface area contributed by atoms with Crippen LogP contribution in [0.2, 0.25) is 0 Å². The third-order valence-electron chi connectivity index (χ3n) is 4.39. The van der Waals surface area contributed by atoms with Crippen molar-refractivity contribution in [1.29, 1.82) is 0 Å². The third kappa shape index (κ3) is 4.03. The molecule has 1 heterocycles. The average Bonchev–Trinajstić information content (AvgIpc) is 2.56. The Balaban J connectivity index is 2.13. The van der Waals surface area contributed by atoms with E-state index in [1.807, 2.05) is 24.3 Å². The van der Waals surface area contributed by atoms with Crippen LogP contribution in [0.4, 0.5) is 0 Å². The van der Waals surface area contributed by atoms with Crippen molar-refractivity contribution in [2.75, 3.05) is 25.7 Å². The lowest BCUT2D eigenvalue weighted by molar-refractivity contribution is -0.312. The highest BCUT2D eigenvalue weighted by molar-refractivity contribution is 9.09. The first-order valence-electron chi connectivity index (χ1n) is 8.06. The van der Waals surface area contributed by atoms with Gasteiger partial charge in [-0.15, -0.1) is 0 Å². The zero-order valence-electron chi connectivity index (χ0n) is 13.9. The summed E-state index contributed by atoms with van der Waals surface area (Å²) in [5.41, 5.74) is 1.18. The highest BCUT2D eigenvalue weighted by Crippen LogP contribution is 2.41. The Labute approximate surface area is 142 Å². The summed E-state index contributed by atoms with van der Waals surface area (Å²) in [6.45, 7) is 5.97. The predicted molar refractivity (Wildman–Crippen MR) is 92.6 cm³/mol. The van der Waals surface area contributed by atoms with Crippen LogP contribution in [0, 0.1) is 5.41 Å². The van der Waals surface area contributed by atoms with Gasteiger partial charge in [-0.1, -0.05) is 42.6 Å². The van der Waals surface area contributed by atoms with Gasteiger partial charge >= 0.3 is 0 Å². The van der Waals surface area contributed by atoms with Gasteiger partial charge in [-0.2, -0.15) is 0 Å². The van der Waals surface area contributed by atoms with Crippen molar-refractivity contribution in [3.63, 3.8) is 0 Å². The highest BCUT2D eigenvalue weighted by Gasteiger charge is 2.43. The molecular formula is C18H27BrO3. The van der Waals surface area contributed by atoms with Crippen LogP contribution in [0.15, 0.2) is 24.3 Å².